The zero-order valence-electron chi connectivity index (χ0n) is 16.5. The number of piperazine rings is 1. The van der Waals surface area contributed by atoms with Crippen LogP contribution in [0.3, 0.4) is 0 Å². The lowest BCUT2D eigenvalue weighted by Crippen LogP contribution is -2.51. The van der Waals surface area contributed by atoms with Crippen molar-refractivity contribution in [3.8, 4) is 0 Å². The summed E-state index contributed by atoms with van der Waals surface area (Å²) in [4.78, 5) is 17.5. The smallest absolute Gasteiger partial charge is 0.222 e. The van der Waals surface area contributed by atoms with Gasteiger partial charge in [-0.3, -0.25) is 9.69 Å². The van der Waals surface area contributed by atoms with E-state index in [1.807, 2.05) is 0 Å². The Morgan fingerprint density at radius 2 is 2.12 bits per heavy atom. The van der Waals surface area contributed by atoms with E-state index in [1.54, 1.807) is 0 Å². The molecule has 0 aromatic heterocycles. The van der Waals surface area contributed by atoms with E-state index >= 15 is 0 Å². The fourth-order valence-electron chi connectivity index (χ4n) is 4.85. The van der Waals surface area contributed by atoms with Crippen LogP contribution < -0.4 is 5.32 Å². The van der Waals surface area contributed by atoms with Crippen LogP contribution in [-0.2, 0) is 4.79 Å². The zero-order valence-corrected chi connectivity index (χ0v) is 16.5. The first-order valence-corrected chi connectivity index (χ1v) is 10.4. The monoisotopic (exact) mass is 347 g/mol. The molecule has 1 aliphatic heterocycles. The van der Waals surface area contributed by atoms with Gasteiger partial charge in [0.25, 0.3) is 0 Å². The lowest BCUT2D eigenvalue weighted by molar-refractivity contribution is -0.131. The maximum atomic E-state index is 12.8. The number of unbranched alkanes of at least 4 members (excludes halogenated alkanes) is 1. The van der Waals surface area contributed by atoms with Gasteiger partial charge >= 0.3 is 0 Å². The van der Waals surface area contributed by atoms with Crippen LogP contribution in [0.2, 0.25) is 0 Å². The van der Waals surface area contributed by atoms with E-state index in [9.17, 15) is 4.79 Å². The highest BCUT2D eigenvalue weighted by Gasteiger charge is 2.51. The Kier molecular flexibility index (Phi) is 6.21. The minimum atomic E-state index is 0.358. The summed E-state index contributed by atoms with van der Waals surface area (Å²) in [5, 5.41) is 3.41. The molecule has 142 valence electrons. The summed E-state index contributed by atoms with van der Waals surface area (Å²) in [7, 11) is 0. The number of allylic oxidation sites excluding steroid dienone is 1. The van der Waals surface area contributed by atoms with Crippen LogP contribution in [0.15, 0.2) is 11.6 Å². The molecule has 0 radical (unpaired) electrons. The molecule has 2 fully saturated rings. The molecule has 1 saturated heterocycles. The maximum Gasteiger partial charge on any atom is 0.222 e. The first-order chi connectivity index (χ1) is 12.0. The Morgan fingerprint density at radius 1 is 1.36 bits per heavy atom. The minimum Gasteiger partial charge on any atom is -0.337 e. The summed E-state index contributed by atoms with van der Waals surface area (Å²) in [6.07, 6.45) is 7.83. The molecule has 0 aromatic carbocycles. The van der Waals surface area contributed by atoms with Gasteiger partial charge in [0.15, 0.2) is 0 Å². The molecule has 0 spiro atoms. The second kappa shape index (κ2) is 8.22. The first-order valence-electron chi connectivity index (χ1n) is 10.4. The SMILES string of the molecule is CCCCC(=O)N(CCN1CCNCC1)CC1=CCC2CC1C2(C)C. The molecular weight excluding hydrogens is 310 g/mol. The van der Waals surface area contributed by atoms with E-state index in [-0.39, 0.29) is 0 Å². The van der Waals surface area contributed by atoms with Crippen LogP contribution in [0, 0.1) is 17.3 Å². The molecule has 1 N–H and O–H groups in total. The summed E-state index contributed by atoms with van der Waals surface area (Å²) in [6, 6.07) is 0. The molecular formula is C21H37N3O. The number of hydrogen-bond donors (Lipinski definition) is 1. The fraction of sp³-hybridized carbons (Fsp3) is 0.857. The van der Waals surface area contributed by atoms with Crippen molar-refractivity contribution in [3.63, 3.8) is 0 Å². The first kappa shape index (κ1) is 18.9. The van der Waals surface area contributed by atoms with Gasteiger partial charge in [-0.2, -0.15) is 0 Å². The summed E-state index contributed by atoms with van der Waals surface area (Å²) < 4.78 is 0. The third kappa shape index (κ3) is 4.28. The largest absolute Gasteiger partial charge is 0.337 e. The number of nitrogens with zero attached hydrogens (tertiary/aromatic N) is 2. The van der Waals surface area contributed by atoms with Crippen LogP contribution in [0.5, 0.6) is 0 Å². The lowest BCUT2D eigenvalue weighted by Gasteiger charge is -2.57. The van der Waals surface area contributed by atoms with Gasteiger partial charge in [0.1, 0.15) is 0 Å². The second-order valence-electron chi connectivity index (χ2n) is 8.83. The molecule has 4 heteroatoms. The Labute approximate surface area is 154 Å². The topological polar surface area (TPSA) is 35.6 Å². The third-order valence-corrected chi connectivity index (χ3v) is 6.95. The molecule has 2 atom stereocenters. The molecule has 2 bridgehead atoms. The quantitative estimate of drug-likeness (QED) is 0.686. The van der Waals surface area contributed by atoms with Crippen molar-refractivity contribution in [1.29, 1.82) is 0 Å². The molecule has 4 rings (SSSR count). The predicted molar refractivity (Wildman–Crippen MR) is 103 cm³/mol. The highest BCUT2D eigenvalue weighted by Crippen LogP contribution is 2.59. The van der Waals surface area contributed by atoms with E-state index in [2.05, 4.69) is 42.0 Å². The molecule has 1 saturated carbocycles. The molecule has 25 heavy (non-hydrogen) atoms. The molecule has 2 unspecified atom stereocenters. The molecule has 1 amide bonds. The molecule has 1 heterocycles. The van der Waals surface area contributed by atoms with Crippen LogP contribution in [0.25, 0.3) is 0 Å². The number of amides is 1. The average Bonchev–Trinajstić information content (AvgIpc) is 2.63. The fourth-order valence-corrected chi connectivity index (χ4v) is 4.85. The van der Waals surface area contributed by atoms with Gasteiger partial charge in [0.05, 0.1) is 0 Å². The molecule has 4 aliphatic rings. The van der Waals surface area contributed by atoms with E-state index in [0.29, 0.717) is 23.7 Å². The van der Waals surface area contributed by atoms with E-state index in [4.69, 9.17) is 0 Å². The molecule has 3 aliphatic carbocycles. The number of fused-ring (bicyclic) bond motifs is 1. The van der Waals surface area contributed by atoms with Crippen molar-refractivity contribution in [2.45, 2.75) is 52.9 Å². The minimum absolute atomic E-state index is 0.358. The van der Waals surface area contributed by atoms with E-state index in [1.165, 1.54) is 18.4 Å². The van der Waals surface area contributed by atoms with Gasteiger partial charge in [0, 0.05) is 52.2 Å². The Balaban J connectivity index is 1.59. The van der Waals surface area contributed by atoms with Crippen molar-refractivity contribution < 1.29 is 4.79 Å². The number of carbonyl (C=O) groups excluding carboxylic acids is 1. The van der Waals surface area contributed by atoms with Gasteiger partial charge < -0.3 is 10.2 Å². The van der Waals surface area contributed by atoms with Crippen LogP contribution in [-0.4, -0.2) is 61.5 Å². The van der Waals surface area contributed by atoms with Crippen LogP contribution in [0.1, 0.15) is 52.9 Å². The number of rotatable bonds is 8. The maximum absolute atomic E-state index is 12.8. The number of carbonyl (C=O) groups is 1. The molecule has 4 nitrogen and oxygen atoms in total. The third-order valence-electron chi connectivity index (χ3n) is 6.95. The summed E-state index contributed by atoms with van der Waals surface area (Å²) in [5.74, 6) is 1.93. The van der Waals surface area contributed by atoms with Crippen molar-refractivity contribution in [3.05, 3.63) is 11.6 Å². The molecule has 0 aromatic rings. The van der Waals surface area contributed by atoms with Crippen molar-refractivity contribution in [2.24, 2.45) is 17.3 Å². The van der Waals surface area contributed by atoms with Crippen molar-refractivity contribution >= 4 is 5.91 Å². The van der Waals surface area contributed by atoms with Gasteiger partial charge in [-0.15, -0.1) is 0 Å². The normalized spacial score (nSPS) is 28.2. The van der Waals surface area contributed by atoms with Crippen LogP contribution >= 0.6 is 0 Å². The van der Waals surface area contributed by atoms with Crippen LogP contribution in [0.4, 0.5) is 0 Å². The van der Waals surface area contributed by atoms with E-state index < -0.39 is 0 Å². The van der Waals surface area contributed by atoms with Crippen molar-refractivity contribution in [2.75, 3.05) is 45.8 Å². The van der Waals surface area contributed by atoms with Gasteiger partial charge in [0.2, 0.25) is 5.91 Å². The predicted octanol–water partition coefficient (Wildman–Crippen LogP) is 2.90. The summed E-state index contributed by atoms with van der Waals surface area (Å²) in [6.45, 7) is 14.1. The van der Waals surface area contributed by atoms with E-state index in [0.717, 1.165) is 64.6 Å². The average molecular weight is 348 g/mol. The Hall–Kier alpha value is -0.870. The standard InChI is InChI=1S/C21H37N3O/c1-4-5-6-20(25)24(14-13-23-11-9-22-10-12-23)16-17-7-8-18-15-19(17)21(18,2)3/h7,18-19,22H,4-6,8-16H2,1-3H3. The number of hydrogen-bond acceptors (Lipinski definition) is 3. The Bertz CT molecular complexity index is 493. The second-order valence-corrected chi connectivity index (χ2v) is 8.83. The zero-order chi connectivity index (χ0) is 17.9. The highest BCUT2D eigenvalue weighted by molar-refractivity contribution is 5.76. The van der Waals surface area contributed by atoms with Gasteiger partial charge in [-0.25, -0.2) is 0 Å². The highest BCUT2D eigenvalue weighted by atomic mass is 16.2. The van der Waals surface area contributed by atoms with Gasteiger partial charge in [-0.1, -0.05) is 38.8 Å². The number of nitrogens with one attached hydrogen (secondary N) is 1. The van der Waals surface area contributed by atoms with Crippen molar-refractivity contribution in [1.82, 2.24) is 15.1 Å². The van der Waals surface area contributed by atoms with Gasteiger partial charge in [-0.05, 0) is 36.5 Å². The lowest BCUT2D eigenvalue weighted by atomic mass is 9.49. The summed E-state index contributed by atoms with van der Waals surface area (Å²) in [5.41, 5.74) is 1.98. The summed E-state index contributed by atoms with van der Waals surface area (Å²) >= 11 is 0. The Morgan fingerprint density at radius 3 is 2.76 bits per heavy atom.